The van der Waals surface area contributed by atoms with Crippen molar-refractivity contribution in [1.82, 2.24) is 19.5 Å². The quantitative estimate of drug-likeness (QED) is 0.186. The van der Waals surface area contributed by atoms with Gasteiger partial charge in [-0.15, -0.1) is 0 Å². The Morgan fingerprint density at radius 2 is 1.20 bits per heavy atom. The number of rotatable bonds is 4. The van der Waals surface area contributed by atoms with Gasteiger partial charge in [-0.1, -0.05) is 115 Å². The second-order valence-electron chi connectivity index (χ2n) is 11.6. The maximum Gasteiger partial charge on any atom is 0.238 e. The van der Waals surface area contributed by atoms with E-state index in [4.69, 9.17) is 36.6 Å². The number of nitrogens with zero attached hydrogens (tertiary/aromatic N) is 4. The summed E-state index contributed by atoms with van der Waals surface area (Å²) in [7, 11) is 0. The third-order valence-corrected chi connectivity index (χ3v) is 8.77. The molecule has 0 N–H and O–H groups in total. The van der Waals surface area contributed by atoms with E-state index in [2.05, 4.69) is 4.98 Å². The summed E-state index contributed by atoms with van der Waals surface area (Å²) < 4.78 is 154. The van der Waals surface area contributed by atoms with Crippen molar-refractivity contribution in [1.29, 1.82) is 0 Å². The van der Waals surface area contributed by atoms with Crippen molar-refractivity contribution < 1.29 is 30.8 Å². The Balaban J connectivity index is 1.29. The van der Waals surface area contributed by atoms with Gasteiger partial charge in [-0.3, -0.25) is 4.57 Å². The Kier molecular flexibility index (Phi) is 3.48. The van der Waals surface area contributed by atoms with Gasteiger partial charge in [-0.25, -0.2) is 4.98 Å². The maximum absolute atomic E-state index is 9.63. The molecule has 238 valence electrons. The highest BCUT2D eigenvalue weighted by molar-refractivity contribution is 6.24. The van der Waals surface area contributed by atoms with E-state index in [0.29, 0.717) is 27.6 Å². The molecular weight excluding hydrogens is 629 g/mol. The lowest BCUT2D eigenvalue weighted by atomic mass is 9.99. The van der Waals surface area contributed by atoms with Gasteiger partial charge in [0.15, 0.2) is 11.6 Å². The van der Waals surface area contributed by atoms with Gasteiger partial charge in [0.25, 0.3) is 0 Å². The van der Waals surface area contributed by atoms with Crippen LogP contribution in [0.4, 0.5) is 0 Å². The van der Waals surface area contributed by atoms with Gasteiger partial charge in [0, 0.05) is 38.1 Å². The molecule has 0 saturated carbocycles. The Morgan fingerprint density at radius 3 is 2.04 bits per heavy atom. The van der Waals surface area contributed by atoms with E-state index in [1.807, 2.05) is 48.5 Å². The Morgan fingerprint density at radius 1 is 0.471 bits per heavy atom. The van der Waals surface area contributed by atoms with Crippen molar-refractivity contribution in [3.05, 3.63) is 157 Å². The molecule has 11 aromatic rings. The van der Waals surface area contributed by atoms with Crippen molar-refractivity contribution in [3.8, 4) is 39.9 Å². The number of aromatic nitrogens is 4. The first-order chi connectivity index (χ1) is 31.9. The summed E-state index contributed by atoms with van der Waals surface area (Å²) in [6, 6.07) is 7.15. The molecule has 0 amide bonds. The highest BCUT2D eigenvalue weighted by Gasteiger charge is 2.22. The number of para-hydroxylation sites is 2. The molecule has 0 aliphatic rings. The number of benzene rings is 7. The smallest absolute Gasteiger partial charge is 0.238 e. The van der Waals surface area contributed by atoms with Crippen LogP contribution in [0.15, 0.2) is 166 Å². The normalized spacial score (nSPS) is 16.3. The summed E-state index contributed by atoms with van der Waals surface area (Å²) >= 11 is 0. The van der Waals surface area contributed by atoms with Crippen molar-refractivity contribution in [2.24, 2.45) is 0 Å². The van der Waals surface area contributed by atoms with Crippen LogP contribution in [0.3, 0.4) is 0 Å². The molecule has 11 rings (SSSR count). The van der Waals surface area contributed by atoms with E-state index in [9.17, 15) is 4.11 Å². The monoisotopic (exact) mass is 670 g/mol. The SMILES string of the molecule is [2H]c1c([2H])c([2H])c(-c2nc(-c3c([2H])c([2H])c4c(oc5c([2H])c([2H])c([2H])c(-c6c([2H])c([2H])c([2H])c([2H])c6[2H])c54)c3[2H])nc(-n3c4ccccc4c4ccc5oc6ccccc6c5c43)n2)c([2H])c1[2H]. The van der Waals surface area contributed by atoms with Gasteiger partial charge in [0.1, 0.15) is 22.3 Å². The molecule has 51 heavy (non-hydrogen) atoms. The van der Waals surface area contributed by atoms with E-state index < -0.39 is 142 Å². The molecule has 6 heteroatoms. The minimum atomic E-state index is -0.751. The van der Waals surface area contributed by atoms with Gasteiger partial charge in [0.05, 0.1) is 38.4 Å². The van der Waals surface area contributed by atoms with E-state index in [-0.39, 0.29) is 16.7 Å². The van der Waals surface area contributed by atoms with Gasteiger partial charge in [-0.05, 0) is 53.5 Å². The molecular formula is C45H26N4O2. The first kappa shape index (κ1) is 16.6. The zero-order chi connectivity index (χ0) is 47.4. The first-order valence-electron chi connectivity index (χ1n) is 23.6. The molecule has 6 nitrogen and oxygen atoms in total. The fourth-order valence-electron chi connectivity index (χ4n) is 6.65. The zero-order valence-corrected chi connectivity index (χ0v) is 25.9. The van der Waals surface area contributed by atoms with Crippen LogP contribution in [0.5, 0.6) is 0 Å². The largest absolute Gasteiger partial charge is 0.456 e. The molecule has 0 radical (unpaired) electrons. The van der Waals surface area contributed by atoms with Gasteiger partial charge >= 0.3 is 0 Å². The highest BCUT2D eigenvalue weighted by Crippen LogP contribution is 2.41. The molecule has 7 aromatic carbocycles. The third kappa shape index (κ3) is 4.20. The summed E-state index contributed by atoms with van der Waals surface area (Å²) in [5.41, 5.74) is -0.570. The van der Waals surface area contributed by atoms with Crippen molar-refractivity contribution in [2.45, 2.75) is 0 Å². The molecule has 0 bridgehead atoms. The average Bonchev–Trinajstić information content (AvgIpc) is 4.02. The van der Waals surface area contributed by atoms with E-state index in [1.165, 1.54) is 0 Å². The second kappa shape index (κ2) is 10.7. The molecule has 0 unspecified atom stereocenters. The topological polar surface area (TPSA) is 69.9 Å². The summed E-state index contributed by atoms with van der Waals surface area (Å²) in [5, 5.41) is 2.25. The van der Waals surface area contributed by atoms with Crippen LogP contribution in [-0.2, 0) is 0 Å². The van der Waals surface area contributed by atoms with Crippen LogP contribution >= 0.6 is 0 Å². The van der Waals surface area contributed by atoms with Gasteiger partial charge < -0.3 is 8.83 Å². The minimum Gasteiger partial charge on any atom is -0.456 e. The van der Waals surface area contributed by atoms with Crippen LogP contribution in [0.2, 0.25) is 0 Å². The summed E-state index contributed by atoms with van der Waals surface area (Å²) in [5.74, 6) is -1.09. The molecule has 4 heterocycles. The summed E-state index contributed by atoms with van der Waals surface area (Å²) in [6.45, 7) is 0. The lowest BCUT2D eigenvalue weighted by Gasteiger charge is -2.11. The molecule has 0 spiro atoms. The van der Waals surface area contributed by atoms with Crippen LogP contribution in [0, 0.1) is 0 Å². The van der Waals surface area contributed by atoms with E-state index in [0.717, 1.165) is 16.2 Å². The van der Waals surface area contributed by atoms with E-state index >= 15 is 0 Å². The van der Waals surface area contributed by atoms with Crippen LogP contribution < -0.4 is 0 Å². The highest BCUT2D eigenvalue weighted by atomic mass is 16.3. The fourth-order valence-corrected chi connectivity index (χ4v) is 6.65. The average molecular weight is 671 g/mol. The molecule has 0 fully saturated rings. The van der Waals surface area contributed by atoms with Crippen LogP contribution in [0.1, 0.15) is 21.9 Å². The molecule has 0 saturated heterocycles. The third-order valence-electron chi connectivity index (χ3n) is 8.77. The van der Waals surface area contributed by atoms with E-state index in [1.54, 1.807) is 16.7 Å². The van der Waals surface area contributed by atoms with Crippen LogP contribution in [-0.4, -0.2) is 19.5 Å². The zero-order valence-electron chi connectivity index (χ0n) is 41.9. The summed E-state index contributed by atoms with van der Waals surface area (Å²) in [4.78, 5) is 14.2. The van der Waals surface area contributed by atoms with Crippen LogP contribution in [0.25, 0.3) is 106 Å². The first-order valence-corrected chi connectivity index (χ1v) is 15.6. The lowest BCUT2D eigenvalue weighted by Crippen LogP contribution is -2.06. The Bertz CT molecular complexity index is 4030. The fraction of sp³-hybridized carbons (Fsp3) is 0. The molecule has 0 aliphatic carbocycles. The minimum absolute atomic E-state index is 0.180. The second-order valence-corrected chi connectivity index (χ2v) is 11.6. The lowest BCUT2D eigenvalue weighted by molar-refractivity contribution is 0.668. The van der Waals surface area contributed by atoms with Gasteiger partial charge in [-0.2, -0.15) is 9.97 Å². The number of hydrogen-bond donors (Lipinski definition) is 0. The standard InChI is InChI=1S/C45H26N4O2/c1-3-12-27(13-4-1)30-18-11-21-37-40(30)34-23-22-29(26-39(34)51-37)44-46-43(28-14-5-2-6-15-28)47-45(48-44)49-35-19-9-7-16-31(35)32-24-25-38-41(42(32)49)33-17-8-10-20-36(33)50-38/h1-26H/i1D,2D,3D,4D,5D,6D,11D,12D,13D,14D,15D,18D,21D,22D,23D,26D. The number of furan rings is 2. The summed E-state index contributed by atoms with van der Waals surface area (Å²) in [6.07, 6.45) is 0. The van der Waals surface area contributed by atoms with Crippen molar-refractivity contribution in [2.75, 3.05) is 0 Å². The number of fused-ring (bicyclic) bond motifs is 10. The molecule has 4 aromatic heterocycles. The Hall–Kier alpha value is -7.05. The molecule has 0 atom stereocenters. The Labute approximate surface area is 313 Å². The number of hydrogen-bond acceptors (Lipinski definition) is 5. The van der Waals surface area contributed by atoms with Gasteiger partial charge in [0.2, 0.25) is 5.95 Å². The van der Waals surface area contributed by atoms with Crippen molar-refractivity contribution >= 4 is 65.7 Å². The maximum atomic E-state index is 9.63. The predicted molar refractivity (Wildman–Crippen MR) is 205 cm³/mol. The van der Waals surface area contributed by atoms with Crippen molar-refractivity contribution in [3.63, 3.8) is 0 Å². The molecule has 0 aliphatic heterocycles. The predicted octanol–water partition coefficient (Wildman–Crippen LogP) is 11.8.